The highest BCUT2D eigenvalue weighted by molar-refractivity contribution is 5.91. The lowest BCUT2D eigenvalue weighted by molar-refractivity contribution is 0.0522. The number of hydrogen-bond donors (Lipinski definition) is 0. The molecule has 70 valence electrons. The number of rotatable bonds is 2. The summed E-state index contributed by atoms with van der Waals surface area (Å²) in [6.07, 6.45) is 1.48. The molecule has 0 aromatic carbocycles. The van der Waals surface area contributed by atoms with Crippen LogP contribution in [0.2, 0.25) is 0 Å². The zero-order valence-corrected chi connectivity index (χ0v) is 7.32. The molecule has 2 rings (SSSR count). The molecule has 0 saturated heterocycles. The van der Waals surface area contributed by atoms with E-state index in [0.29, 0.717) is 31.2 Å². The lowest BCUT2D eigenvalue weighted by Gasteiger charge is -1.99. The molecule has 1 aliphatic rings. The Morgan fingerprint density at radius 2 is 2.69 bits per heavy atom. The van der Waals surface area contributed by atoms with Crippen LogP contribution in [0.15, 0.2) is 6.20 Å². The van der Waals surface area contributed by atoms with E-state index in [1.807, 2.05) is 0 Å². The molecule has 5 heteroatoms. The van der Waals surface area contributed by atoms with E-state index >= 15 is 0 Å². The summed E-state index contributed by atoms with van der Waals surface area (Å²) in [5, 5.41) is 3.99. The van der Waals surface area contributed by atoms with Gasteiger partial charge in [0.1, 0.15) is 12.2 Å². The van der Waals surface area contributed by atoms with Crippen LogP contribution in [0.4, 0.5) is 0 Å². The topological polar surface area (TPSA) is 53.3 Å². The first-order valence-electron chi connectivity index (χ1n) is 4.18. The molecule has 2 heterocycles. The van der Waals surface area contributed by atoms with Gasteiger partial charge in [0, 0.05) is 0 Å². The van der Waals surface area contributed by atoms with Crippen LogP contribution in [0.5, 0.6) is 5.88 Å². The number of nitrogens with zero attached hydrogens (tertiary/aromatic N) is 2. The van der Waals surface area contributed by atoms with Crippen molar-refractivity contribution in [3.63, 3.8) is 0 Å². The Morgan fingerprint density at radius 1 is 1.85 bits per heavy atom. The average Bonchev–Trinajstić information content (AvgIpc) is 2.62. The van der Waals surface area contributed by atoms with Crippen LogP contribution in [0.3, 0.4) is 0 Å². The van der Waals surface area contributed by atoms with Crippen LogP contribution in [0, 0.1) is 0 Å². The van der Waals surface area contributed by atoms with Gasteiger partial charge in [-0.1, -0.05) is 0 Å². The van der Waals surface area contributed by atoms with E-state index in [1.54, 1.807) is 11.6 Å². The number of hydrogen-bond acceptors (Lipinski definition) is 4. The average molecular weight is 182 g/mol. The van der Waals surface area contributed by atoms with Crippen LogP contribution < -0.4 is 4.74 Å². The highest BCUT2D eigenvalue weighted by atomic mass is 16.5. The third-order valence-corrected chi connectivity index (χ3v) is 1.83. The molecule has 0 radical (unpaired) electrons. The van der Waals surface area contributed by atoms with Crippen LogP contribution in [0.1, 0.15) is 17.3 Å². The van der Waals surface area contributed by atoms with E-state index in [9.17, 15) is 4.79 Å². The maximum atomic E-state index is 11.3. The molecule has 0 unspecified atom stereocenters. The smallest absolute Gasteiger partial charge is 0.345 e. The van der Waals surface area contributed by atoms with Crippen molar-refractivity contribution in [2.75, 3.05) is 13.2 Å². The molecule has 0 amide bonds. The van der Waals surface area contributed by atoms with Crippen molar-refractivity contribution < 1.29 is 14.3 Å². The normalized spacial score (nSPS) is 13.6. The summed E-state index contributed by atoms with van der Waals surface area (Å²) in [4.78, 5) is 11.3. The Labute approximate surface area is 75.2 Å². The Hall–Kier alpha value is -1.52. The molecule has 0 spiro atoms. The highest BCUT2D eigenvalue weighted by Gasteiger charge is 2.23. The van der Waals surface area contributed by atoms with E-state index in [4.69, 9.17) is 9.47 Å². The molecule has 0 fully saturated rings. The fraction of sp³-hybridized carbons (Fsp3) is 0.500. The van der Waals surface area contributed by atoms with E-state index < -0.39 is 0 Å². The van der Waals surface area contributed by atoms with Crippen molar-refractivity contribution in [2.45, 2.75) is 13.5 Å². The third-order valence-electron chi connectivity index (χ3n) is 1.83. The number of fused-ring (bicyclic) bond motifs is 1. The summed E-state index contributed by atoms with van der Waals surface area (Å²) < 4.78 is 11.7. The molecule has 0 N–H and O–H groups in total. The SMILES string of the molecule is CCOC(=O)c1cnn2c1OCC2. The van der Waals surface area contributed by atoms with Crippen LogP contribution in [-0.4, -0.2) is 29.0 Å². The van der Waals surface area contributed by atoms with Gasteiger partial charge in [0.25, 0.3) is 0 Å². The van der Waals surface area contributed by atoms with Crippen molar-refractivity contribution in [1.82, 2.24) is 9.78 Å². The van der Waals surface area contributed by atoms with Crippen LogP contribution in [0.25, 0.3) is 0 Å². The van der Waals surface area contributed by atoms with Gasteiger partial charge >= 0.3 is 5.97 Å². The second-order valence-electron chi connectivity index (χ2n) is 2.66. The molecule has 0 aliphatic carbocycles. The number of carbonyl (C=O) groups excluding carboxylic acids is 1. The molecule has 5 nitrogen and oxygen atoms in total. The fourth-order valence-corrected chi connectivity index (χ4v) is 1.26. The number of aromatic nitrogens is 2. The first kappa shape index (κ1) is 8.10. The van der Waals surface area contributed by atoms with E-state index in [1.165, 1.54) is 6.20 Å². The van der Waals surface area contributed by atoms with Gasteiger partial charge in [-0.25, -0.2) is 9.48 Å². The Bertz CT molecular complexity index is 332. The minimum absolute atomic E-state index is 0.365. The fourth-order valence-electron chi connectivity index (χ4n) is 1.26. The zero-order chi connectivity index (χ0) is 9.26. The summed E-state index contributed by atoms with van der Waals surface area (Å²) >= 11 is 0. The largest absolute Gasteiger partial charge is 0.475 e. The maximum absolute atomic E-state index is 11.3. The molecule has 1 aliphatic heterocycles. The van der Waals surface area contributed by atoms with Crippen molar-refractivity contribution in [1.29, 1.82) is 0 Å². The number of carbonyl (C=O) groups is 1. The van der Waals surface area contributed by atoms with Gasteiger partial charge in [-0.05, 0) is 6.92 Å². The van der Waals surface area contributed by atoms with Gasteiger partial charge in [0.2, 0.25) is 5.88 Å². The summed E-state index contributed by atoms with van der Waals surface area (Å²) in [6, 6.07) is 0. The number of esters is 1. The monoisotopic (exact) mass is 182 g/mol. The van der Waals surface area contributed by atoms with Crippen LogP contribution in [-0.2, 0) is 11.3 Å². The standard InChI is InChI=1S/C8H10N2O3/c1-2-12-8(11)6-5-9-10-3-4-13-7(6)10/h5H,2-4H2,1H3. The second-order valence-corrected chi connectivity index (χ2v) is 2.66. The molecular formula is C8H10N2O3. The second kappa shape index (κ2) is 3.08. The predicted octanol–water partition coefficient (Wildman–Crippen LogP) is 0.452. The Balaban J connectivity index is 2.26. The predicted molar refractivity (Wildman–Crippen MR) is 43.7 cm³/mol. The Morgan fingerprint density at radius 3 is 3.46 bits per heavy atom. The van der Waals surface area contributed by atoms with E-state index in [2.05, 4.69) is 5.10 Å². The molecule has 1 aromatic rings. The summed E-state index contributed by atoms with van der Waals surface area (Å²) in [5.41, 5.74) is 0.416. The van der Waals surface area contributed by atoms with Gasteiger partial charge in [0.15, 0.2) is 0 Å². The third kappa shape index (κ3) is 1.26. The molecule has 1 aromatic heterocycles. The first-order chi connectivity index (χ1) is 6.33. The molecular weight excluding hydrogens is 172 g/mol. The van der Waals surface area contributed by atoms with Gasteiger partial charge in [-0.2, -0.15) is 5.10 Å². The maximum Gasteiger partial charge on any atom is 0.345 e. The van der Waals surface area contributed by atoms with Gasteiger partial charge in [-0.15, -0.1) is 0 Å². The van der Waals surface area contributed by atoms with Gasteiger partial charge < -0.3 is 9.47 Å². The minimum atomic E-state index is -0.370. The lowest BCUT2D eigenvalue weighted by atomic mass is 10.3. The van der Waals surface area contributed by atoms with E-state index in [-0.39, 0.29) is 5.97 Å². The zero-order valence-electron chi connectivity index (χ0n) is 7.32. The summed E-state index contributed by atoms with van der Waals surface area (Å²) in [6.45, 7) is 3.41. The Kier molecular flexibility index (Phi) is 1.92. The number of ether oxygens (including phenoxy) is 2. The summed E-state index contributed by atoms with van der Waals surface area (Å²) in [7, 11) is 0. The van der Waals surface area contributed by atoms with Crippen LogP contribution >= 0.6 is 0 Å². The molecule has 0 atom stereocenters. The first-order valence-corrected chi connectivity index (χ1v) is 4.18. The molecule has 13 heavy (non-hydrogen) atoms. The minimum Gasteiger partial charge on any atom is -0.475 e. The van der Waals surface area contributed by atoms with Crippen molar-refractivity contribution >= 4 is 5.97 Å². The van der Waals surface area contributed by atoms with Crippen molar-refractivity contribution in [3.05, 3.63) is 11.8 Å². The quantitative estimate of drug-likeness (QED) is 0.623. The summed E-state index contributed by atoms with van der Waals surface area (Å²) in [5.74, 6) is 0.157. The highest BCUT2D eigenvalue weighted by Crippen LogP contribution is 2.22. The molecule has 0 bridgehead atoms. The van der Waals surface area contributed by atoms with Gasteiger partial charge in [0.05, 0.1) is 19.3 Å². The molecule has 0 saturated carbocycles. The lowest BCUT2D eigenvalue weighted by Crippen LogP contribution is -2.05. The van der Waals surface area contributed by atoms with Crippen molar-refractivity contribution in [3.8, 4) is 5.88 Å². The van der Waals surface area contributed by atoms with E-state index in [0.717, 1.165) is 0 Å². The van der Waals surface area contributed by atoms with Gasteiger partial charge in [-0.3, -0.25) is 0 Å². The van der Waals surface area contributed by atoms with Crippen molar-refractivity contribution in [2.24, 2.45) is 0 Å².